The summed E-state index contributed by atoms with van der Waals surface area (Å²) in [6, 6.07) is 11.3. The number of ether oxygens (including phenoxy) is 2. The molecule has 112 valence electrons. The van der Waals surface area contributed by atoms with Crippen LogP contribution in [-0.2, 0) is 0 Å². The summed E-state index contributed by atoms with van der Waals surface area (Å²) in [6.07, 6.45) is 0. The van der Waals surface area contributed by atoms with E-state index in [-0.39, 0.29) is 12.4 Å². The van der Waals surface area contributed by atoms with Crippen molar-refractivity contribution in [3.63, 3.8) is 0 Å². The molecule has 0 aliphatic rings. The van der Waals surface area contributed by atoms with E-state index in [0.29, 0.717) is 16.3 Å². The molecule has 0 aliphatic heterocycles. The van der Waals surface area contributed by atoms with Gasteiger partial charge in [0.1, 0.15) is 12.4 Å². The standard InChI is InChI=1S/C15H16ClFN2O2/c1-20-14-4-2-3-12(15(14)17)13(19-18)9-21-11-7-5-10(16)6-8-11/h2-8,13,19H,9,18H2,1H3. The van der Waals surface area contributed by atoms with E-state index in [2.05, 4.69) is 5.43 Å². The SMILES string of the molecule is COc1cccc(C(COc2ccc(Cl)cc2)NN)c1F. The Hall–Kier alpha value is -1.82. The van der Waals surface area contributed by atoms with Gasteiger partial charge in [-0.3, -0.25) is 5.84 Å². The normalized spacial score (nSPS) is 12.0. The molecule has 0 aromatic heterocycles. The maximum absolute atomic E-state index is 14.2. The number of nitrogens with two attached hydrogens (primary N) is 1. The number of nitrogens with one attached hydrogen (secondary N) is 1. The zero-order valence-corrected chi connectivity index (χ0v) is 12.2. The highest BCUT2D eigenvalue weighted by atomic mass is 35.5. The van der Waals surface area contributed by atoms with Crippen LogP contribution in [0.15, 0.2) is 42.5 Å². The fraction of sp³-hybridized carbons (Fsp3) is 0.200. The highest BCUT2D eigenvalue weighted by molar-refractivity contribution is 6.30. The van der Waals surface area contributed by atoms with Gasteiger partial charge in [-0.25, -0.2) is 9.82 Å². The number of rotatable bonds is 6. The second kappa shape index (κ2) is 7.26. The van der Waals surface area contributed by atoms with Crippen LogP contribution in [0, 0.1) is 5.82 Å². The number of hydrogen-bond donors (Lipinski definition) is 2. The number of hydrazine groups is 1. The lowest BCUT2D eigenvalue weighted by atomic mass is 10.1. The van der Waals surface area contributed by atoms with Crippen molar-refractivity contribution in [3.05, 3.63) is 58.9 Å². The lowest BCUT2D eigenvalue weighted by Crippen LogP contribution is -2.33. The molecule has 2 aromatic carbocycles. The van der Waals surface area contributed by atoms with Crippen molar-refractivity contribution in [1.82, 2.24) is 5.43 Å². The molecule has 0 fully saturated rings. The average Bonchev–Trinajstić information content (AvgIpc) is 2.51. The van der Waals surface area contributed by atoms with Gasteiger partial charge in [-0.05, 0) is 30.3 Å². The van der Waals surface area contributed by atoms with E-state index >= 15 is 0 Å². The first-order valence-corrected chi connectivity index (χ1v) is 6.70. The quantitative estimate of drug-likeness (QED) is 0.636. The van der Waals surface area contributed by atoms with Crippen LogP contribution in [0.25, 0.3) is 0 Å². The number of hydrogen-bond acceptors (Lipinski definition) is 4. The van der Waals surface area contributed by atoms with Crippen molar-refractivity contribution < 1.29 is 13.9 Å². The summed E-state index contributed by atoms with van der Waals surface area (Å²) in [5.41, 5.74) is 2.93. The first kappa shape index (κ1) is 15.6. The van der Waals surface area contributed by atoms with Crippen LogP contribution in [-0.4, -0.2) is 13.7 Å². The van der Waals surface area contributed by atoms with E-state index in [9.17, 15) is 4.39 Å². The molecule has 0 bridgehead atoms. The molecule has 0 saturated carbocycles. The van der Waals surface area contributed by atoms with Gasteiger partial charge in [0.15, 0.2) is 11.6 Å². The zero-order valence-electron chi connectivity index (χ0n) is 11.5. The lowest BCUT2D eigenvalue weighted by Gasteiger charge is -2.18. The van der Waals surface area contributed by atoms with Gasteiger partial charge in [0.25, 0.3) is 0 Å². The van der Waals surface area contributed by atoms with Gasteiger partial charge in [0.05, 0.1) is 13.2 Å². The van der Waals surface area contributed by atoms with Gasteiger partial charge >= 0.3 is 0 Å². The van der Waals surface area contributed by atoms with Crippen molar-refractivity contribution >= 4 is 11.6 Å². The van der Waals surface area contributed by atoms with Crippen LogP contribution >= 0.6 is 11.6 Å². The van der Waals surface area contributed by atoms with Crippen molar-refractivity contribution in [1.29, 1.82) is 0 Å². The average molecular weight is 311 g/mol. The molecule has 21 heavy (non-hydrogen) atoms. The fourth-order valence-electron chi connectivity index (χ4n) is 1.89. The minimum absolute atomic E-state index is 0.166. The number of benzene rings is 2. The van der Waals surface area contributed by atoms with Crippen LogP contribution in [0.5, 0.6) is 11.5 Å². The molecule has 4 nitrogen and oxygen atoms in total. The second-order valence-electron chi connectivity index (χ2n) is 4.35. The molecular weight excluding hydrogens is 295 g/mol. The van der Waals surface area contributed by atoms with E-state index in [1.807, 2.05) is 0 Å². The van der Waals surface area contributed by atoms with Gasteiger partial charge in [0, 0.05) is 10.6 Å². The molecule has 1 atom stereocenters. The van der Waals surface area contributed by atoms with E-state index < -0.39 is 11.9 Å². The minimum atomic E-state index is -0.504. The summed E-state index contributed by atoms with van der Waals surface area (Å²) in [5, 5.41) is 0.620. The van der Waals surface area contributed by atoms with Crippen molar-refractivity contribution in [2.24, 2.45) is 5.84 Å². The Balaban J connectivity index is 2.11. The molecule has 2 aromatic rings. The smallest absolute Gasteiger partial charge is 0.169 e. The van der Waals surface area contributed by atoms with Gasteiger partial charge in [-0.15, -0.1) is 0 Å². The Labute approximate surface area is 127 Å². The van der Waals surface area contributed by atoms with Crippen molar-refractivity contribution in [2.75, 3.05) is 13.7 Å². The van der Waals surface area contributed by atoms with Crippen molar-refractivity contribution in [3.8, 4) is 11.5 Å². The van der Waals surface area contributed by atoms with Crippen LogP contribution in [0.3, 0.4) is 0 Å². The Morgan fingerprint density at radius 3 is 2.57 bits per heavy atom. The summed E-state index contributed by atoms with van der Waals surface area (Å²) in [5.74, 6) is 5.83. The molecule has 0 saturated heterocycles. The van der Waals surface area contributed by atoms with Crippen LogP contribution < -0.4 is 20.7 Å². The molecule has 0 spiro atoms. The van der Waals surface area contributed by atoms with E-state index in [4.69, 9.17) is 26.9 Å². The molecule has 2 rings (SSSR count). The van der Waals surface area contributed by atoms with Gasteiger partial charge in [0.2, 0.25) is 0 Å². The Bertz CT molecular complexity index is 593. The lowest BCUT2D eigenvalue weighted by molar-refractivity contribution is 0.262. The number of methoxy groups -OCH3 is 1. The first-order valence-electron chi connectivity index (χ1n) is 6.32. The highest BCUT2D eigenvalue weighted by Crippen LogP contribution is 2.25. The highest BCUT2D eigenvalue weighted by Gasteiger charge is 2.18. The zero-order chi connectivity index (χ0) is 15.2. The summed E-state index contributed by atoms with van der Waals surface area (Å²) in [4.78, 5) is 0. The monoisotopic (exact) mass is 310 g/mol. The number of halogens is 2. The predicted molar refractivity (Wildman–Crippen MR) is 80.0 cm³/mol. The van der Waals surface area contributed by atoms with Crippen molar-refractivity contribution in [2.45, 2.75) is 6.04 Å². The van der Waals surface area contributed by atoms with Gasteiger partial charge < -0.3 is 9.47 Å². The molecule has 1 unspecified atom stereocenters. The molecule has 0 radical (unpaired) electrons. The maximum Gasteiger partial charge on any atom is 0.169 e. The molecule has 0 amide bonds. The van der Waals surface area contributed by atoms with Crippen LogP contribution in [0.1, 0.15) is 11.6 Å². The Morgan fingerprint density at radius 2 is 1.95 bits per heavy atom. The van der Waals surface area contributed by atoms with E-state index in [0.717, 1.165) is 0 Å². The molecule has 3 N–H and O–H groups in total. The van der Waals surface area contributed by atoms with E-state index in [1.54, 1.807) is 42.5 Å². The second-order valence-corrected chi connectivity index (χ2v) is 4.78. The van der Waals surface area contributed by atoms with Crippen LogP contribution in [0.2, 0.25) is 5.02 Å². The maximum atomic E-state index is 14.2. The van der Waals surface area contributed by atoms with Gasteiger partial charge in [-0.1, -0.05) is 23.7 Å². The minimum Gasteiger partial charge on any atom is -0.494 e. The summed E-state index contributed by atoms with van der Waals surface area (Å²) < 4.78 is 24.7. The summed E-state index contributed by atoms with van der Waals surface area (Å²) in [7, 11) is 1.41. The first-order chi connectivity index (χ1) is 10.2. The molecular formula is C15H16ClFN2O2. The largest absolute Gasteiger partial charge is 0.494 e. The molecule has 6 heteroatoms. The third-order valence-corrected chi connectivity index (χ3v) is 3.27. The summed E-state index contributed by atoms with van der Waals surface area (Å²) in [6.45, 7) is 0.169. The molecule has 0 aliphatic carbocycles. The predicted octanol–water partition coefficient (Wildman–Crippen LogP) is 3.07. The Kier molecular flexibility index (Phi) is 5.38. The third kappa shape index (κ3) is 3.85. The van der Waals surface area contributed by atoms with Crippen LogP contribution in [0.4, 0.5) is 4.39 Å². The Morgan fingerprint density at radius 1 is 1.24 bits per heavy atom. The summed E-state index contributed by atoms with van der Waals surface area (Å²) >= 11 is 5.80. The third-order valence-electron chi connectivity index (χ3n) is 3.02. The van der Waals surface area contributed by atoms with Gasteiger partial charge in [-0.2, -0.15) is 0 Å². The topological polar surface area (TPSA) is 56.5 Å². The van der Waals surface area contributed by atoms with E-state index in [1.165, 1.54) is 7.11 Å². The molecule has 0 heterocycles. The fourth-order valence-corrected chi connectivity index (χ4v) is 2.02.